The second kappa shape index (κ2) is 11.2. The van der Waals surface area contributed by atoms with Crippen molar-refractivity contribution in [3.05, 3.63) is 75.3 Å². The molecule has 2 aromatic carbocycles. The maximum absolute atomic E-state index is 12.4. The molecule has 42 heavy (non-hydrogen) atoms. The van der Waals surface area contributed by atoms with Crippen molar-refractivity contribution < 1.29 is 9.59 Å². The third kappa shape index (κ3) is 5.71. The minimum Gasteiger partial charge on any atom is -0.296 e. The average molecular weight is 587 g/mol. The van der Waals surface area contributed by atoms with E-state index >= 15 is 0 Å². The molecule has 2 aromatic rings. The number of piperidine rings is 1. The van der Waals surface area contributed by atoms with Crippen LogP contribution in [0.15, 0.2) is 48.0 Å². The minimum absolute atomic E-state index is 0.138. The van der Waals surface area contributed by atoms with Gasteiger partial charge in [-0.15, -0.1) is 0 Å². The second-order valence-corrected chi connectivity index (χ2v) is 14.6. The topological polar surface area (TPSA) is 55.9 Å². The van der Waals surface area contributed by atoms with Gasteiger partial charge in [-0.25, -0.2) is 0 Å². The van der Waals surface area contributed by atoms with Crippen LogP contribution in [-0.2, 0) is 29.2 Å². The number of fused-ring (bicyclic) bond motifs is 3. The highest BCUT2D eigenvalue weighted by Crippen LogP contribution is 2.44. The molecule has 0 radical (unpaired) electrons. The van der Waals surface area contributed by atoms with Crippen LogP contribution in [0.3, 0.4) is 0 Å². The van der Waals surface area contributed by atoms with Crippen LogP contribution in [0.25, 0.3) is 5.57 Å². The Bertz CT molecular complexity index is 1400. The van der Waals surface area contributed by atoms with E-state index in [0.29, 0.717) is 30.3 Å². The Morgan fingerprint density at radius 3 is 2.38 bits per heavy atom. The van der Waals surface area contributed by atoms with Crippen LogP contribution in [0, 0.1) is 5.41 Å². The van der Waals surface area contributed by atoms with Gasteiger partial charge in [0, 0.05) is 62.8 Å². The Morgan fingerprint density at radius 2 is 1.64 bits per heavy atom. The average Bonchev–Trinajstić information content (AvgIpc) is 3.46. The number of amides is 2. The number of carbonyl (C=O) groups is 2. The van der Waals surface area contributed by atoms with Crippen molar-refractivity contribution in [3.63, 3.8) is 0 Å². The number of hydrogen-bond acceptors (Lipinski definition) is 5. The molecule has 2 amide bonds. The molecule has 1 N–H and O–H groups in total. The van der Waals surface area contributed by atoms with Crippen molar-refractivity contribution >= 4 is 29.0 Å². The maximum Gasteiger partial charge on any atom is 0.243 e. The van der Waals surface area contributed by atoms with Crippen molar-refractivity contribution in [3.8, 4) is 0 Å². The summed E-state index contributed by atoms with van der Waals surface area (Å²) >= 11 is 6.24. The number of hydrogen-bond donors (Lipinski definition) is 1. The molecule has 3 fully saturated rings. The largest absolute Gasteiger partial charge is 0.296 e. The highest BCUT2D eigenvalue weighted by molar-refractivity contribution is 6.30. The van der Waals surface area contributed by atoms with E-state index in [4.69, 9.17) is 11.6 Å². The lowest BCUT2D eigenvalue weighted by atomic mass is 9.72. The fourth-order valence-electron chi connectivity index (χ4n) is 8.23. The van der Waals surface area contributed by atoms with Crippen LogP contribution in [0.2, 0.25) is 5.02 Å². The van der Waals surface area contributed by atoms with Crippen molar-refractivity contribution in [2.75, 3.05) is 19.6 Å². The first-order valence-electron chi connectivity index (χ1n) is 15.8. The number of allylic oxidation sites excluding steroid dienone is 1. The van der Waals surface area contributed by atoms with E-state index in [9.17, 15) is 9.59 Å². The summed E-state index contributed by atoms with van der Waals surface area (Å²) in [6.07, 6.45) is 7.22. The predicted molar refractivity (Wildman–Crippen MR) is 167 cm³/mol. The summed E-state index contributed by atoms with van der Waals surface area (Å²) in [5.74, 6) is -0.286. The summed E-state index contributed by atoms with van der Waals surface area (Å²) in [6.45, 7) is 10.7. The van der Waals surface area contributed by atoms with E-state index in [1.54, 1.807) is 11.1 Å². The number of rotatable bonds is 6. The van der Waals surface area contributed by atoms with Crippen LogP contribution in [0.1, 0.15) is 81.0 Å². The Hall–Kier alpha value is -2.51. The highest BCUT2D eigenvalue weighted by Gasteiger charge is 2.41. The summed E-state index contributed by atoms with van der Waals surface area (Å²) < 4.78 is 0. The van der Waals surface area contributed by atoms with E-state index in [1.807, 2.05) is 12.1 Å². The summed E-state index contributed by atoms with van der Waals surface area (Å²) in [6, 6.07) is 16.5. The molecular formula is C35H43ClN4O2. The molecular weight excluding hydrogens is 544 g/mol. The number of benzene rings is 2. The molecule has 222 valence electrons. The van der Waals surface area contributed by atoms with Gasteiger partial charge in [-0.05, 0) is 83.9 Å². The van der Waals surface area contributed by atoms with Crippen molar-refractivity contribution in [2.24, 2.45) is 5.41 Å². The first-order valence-corrected chi connectivity index (χ1v) is 16.2. The van der Waals surface area contributed by atoms with E-state index < -0.39 is 0 Å². The molecule has 0 spiro atoms. The van der Waals surface area contributed by atoms with Crippen LogP contribution in [0.4, 0.5) is 0 Å². The molecule has 5 aliphatic rings. The third-order valence-electron chi connectivity index (χ3n) is 10.5. The number of carbonyl (C=O) groups excluding carboxylic acids is 2. The van der Waals surface area contributed by atoms with Gasteiger partial charge in [0.1, 0.15) is 0 Å². The first-order chi connectivity index (χ1) is 20.2. The molecule has 1 aliphatic carbocycles. The lowest BCUT2D eigenvalue weighted by Gasteiger charge is -2.43. The first kappa shape index (κ1) is 28.3. The fourth-order valence-corrected chi connectivity index (χ4v) is 8.36. The molecule has 4 heterocycles. The number of likely N-dealkylation sites (tertiary alicyclic amines) is 1. The van der Waals surface area contributed by atoms with Crippen LogP contribution in [0.5, 0.6) is 0 Å². The zero-order valence-electron chi connectivity index (χ0n) is 25.0. The summed E-state index contributed by atoms with van der Waals surface area (Å²) in [5.41, 5.74) is 8.89. The Morgan fingerprint density at radius 1 is 0.905 bits per heavy atom. The number of imide groups is 1. The van der Waals surface area contributed by atoms with E-state index in [-0.39, 0.29) is 17.9 Å². The zero-order chi connectivity index (χ0) is 29.0. The molecule has 7 rings (SSSR count). The summed E-state index contributed by atoms with van der Waals surface area (Å²) in [5, 5.41) is 3.33. The molecule has 3 atom stereocenters. The molecule has 6 nitrogen and oxygen atoms in total. The Labute approximate surface area is 255 Å². The lowest BCUT2D eigenvalue weighted by molar-refractivity contribution is -0.137. The highest BCUT2D eigenvalue weighted by atomic mass is 35.5. The Balaban J connectivity index is 1.01. The van der Waals surface area contributed by atoms with Gasteiger partial charge < -0.3 is 0 Å². The Kier molecular flexibility index (Phi) is 7.54. The minimum atomic E-state index is -0.201. The number of nitrogens with zero attached hydrogens (tertiary/aromatic N) is 3. The lowest BCUT2D eigenvalue weighted by Crippen LogP contribution is -2.53. The molecule has 0 saturated carbocycles. The molecule has 4 aliphatic heterocycles. The standard InChI is InChI=1S/C35H43ClN4O2/c1-35(2)14-13-26(31(16-35)24-5-7-28(36)8-6-24)20-40-29-9-10-30(40)22-38(21-29)17-23-3-4-25-18-39(19-27(25)15-23)32-11-12-33(41)37-34(32)42/h3-8,15,29-30,32H,9-14,16-22H2,1-2H3,(H,37,41,42). The van der Waals surface area contributed by atoms with Crippen molar-refractivity contribution in [1.82, 2.24) is 20.0 Å². The van der Waals surface area contributed by atoms with Gasteiger partial charge in [-0.3, -0.25) is 29.6 Å². The summed E-state index contributed by atoms with van der Waals surface area (Å²) in [7, 11) is 0. The van der Waals surface area contributed by atoms with Crippen molar-refractivity contribution in [2.45, 2.75) is 96.6 Å². The second-order valence-electron chi connectivity index (χ2n) is 14.2. The third-order valence-corrected chi connectivity index (χ3v) is 10.8. The summed E-state index contributed by atoms with van der Waals surface area (Å²) in [4.78, 5) is 31.8. The van der Waals surface area contributed by atoms with Gasteiger partial charge >= 0.3 is 0 Å². The predicted octanol–water partition coefficient (Wildman–Crippen LogP) is 5.77. The van der Waals surface area contributed by atoms with Gasteiger partial charge in [-0.2, -0.15) is 0 Å². The van der Waals surface area contributed by atoms with Crippen LogP contribution in [-0.4, -0.2) is 64.3 Å². The van der Waals surface area contributed by atoms with Gasteiger partial charge in [0.05, 0.1) is 6.04 Å². The molecule has 2 bridgehead atoms. The number of nitrogens with one attached hydrogen (secondary N) is 1. The van der Waals surface area contributed by atoms with Gasteiger partial charge in [0.15, 0.2) is 0 Å². The van der Waals surface area contributed by atoms with Gasteiger partial charge in [0.25, 0.3) is 0 Å². The number of halogens is 1. The van der Waals surface area contributed by atoms with Crippen LogP contribution < -0.4 is 5.32 Å². The van der Waals surface area contributed by atoms with Gasteiger partial charge in [-0.1, -0.05) is 61.4 Å². The molecule has 0 aromatic heterocycles. The molecule has 7 heteroatoms. The quantitative estimate of drug-likeness (QED) is 0.435. The molecule has 3 unspecified atom stereocenters. The van der Waals surface area contributed by atoms with E-state index in [0.717, 1.165) is 50.7 Å². The van der Waals surface area contributed by atoms with E-state index in [1.165, 1.54) is 47.9 Å². The SMILES string of the molecule is CC1(C)CCC(CN2C3CCC2CN(Cc2ccc4c(c2)CN(C2CCC(=O)NC2=O)C4)C3)=C(c2ccc(Cl)cc2)C1. The molecule has 3 saturated heterocycles. The van der Waals surface area contributed by atoms with Crippen LogP contribution >= 0.6 is 11.6 Å². The normalized spacial score (nSPS) is 28.3. The van der Waals surface area contributed by atoms with Gasteiger partial charge in [0.2, 0.25) is 11.8 Å². The number of piperazine rings is 1. The monoisotopic (exact) mass is 586 g/mol. The smallest absolute Gasteiger partial charge is 0.243 e. The maximum atomic E-state index is 12.4. The van der Waals surface area contributed by atoms with E-state index in [2.05, 4.69) is 64.2 Å². The van der Waals surface area contributed by atoms with Crippen molar-refractivity contribution in [1.29, 1.82) is 0 Å². The fraction of sp³-hybridized carbons (Fsp3) is 0.543. The zero-order valence-corrected chi connectivity index (χ0v) is 25.8.